The van der Waals surface area contributed by atoms with E-state index in [4.69, 9.17) is 0 Å². The fourth-order valence-electron chi connectivity index (χ4n) is 1.66. The first-order valence-electron chi connectivity index (χ1n) is 5.28. The number of carbonyl (C=O) groups excluding carboxylic acids is 1. The Balaban J connectivity index is 1.84. The van der Waals surface area contributed by atoms with Crippen LogP contribution in [-0.2, 0) is 0 Å². The third-order valence-corrected chi connectivity index (χ3v) is 2.50. The Hall–Kier alpha value is -1.62. The maximum absolute atomic E-state index is 12.6. The van der Waals surface area contributed by atoms with Crippen LogP contribution in [0.25, 0.3) is 0 Å². The van der Waals surface area contributed by atoms with Crippen molar-refractivity contribution in [2.24, 2.45) is 0 Å². The van der Waals surface area contributed by atoms with Crippen molar-refractivity contribution in [2.45, 2.75) is 12.5 Å². The van der Waals surface area contributed by atoms with E-state index in [0.717, 1.165) is 19.5 Å². The molecule has 0 unspecified atom stereocenters. The topological polar surface area (TPSA) is 53.2 Å². The standard InChI is InChI=1S/C11H14FN3O/c12-8-1-3-9(4-2-8)14-11(16)15-10-5-6-13-7-10/h1-4,10,13H,5-7H2,(H2,14,15,16)/t10-/m1/s1. The van der Waals surface area contributed by atoms with Crippen LogP contribution in [0.4, 0.5) is 14.9 Å². The summed E-state index contributed by atoms with van der Waals surface area (Å²) < 4.78 is 12.6. The highest BCUT2D eigenvalue weighted by atomic mass is 19.1. The molecule has 1 saturated heterocycles. The first-order valence-corrected chi connectivity index (χ1v) is 5.28. The van der Waals surface area contributed by atoms with Crippen LogP contribution in [0.2, 0.25) is 0 Å². The highest BCUT2D eigenvalue weighted by Crippen LogP contribution is 2.08. The van der Waals surface area contributed by atoms with Gasteiger partial charge in [-0.05, 0) is 37.2 Å². The highest BCUT2D eigenvalue weighted by Gasteiger charge is 2.16. The van der Waals surface area contributed by atoms with Gasteiger partial charge >= 0.3 is 6.03 Å². The van der Waals surface area contributed by atoms with E-state index < -0.39 is 0 Å². The molecule has 1 fully saturated rings. The zero-order chi connectivity index (χ0) is 11.4. The molecule has 0 aromatic heterocycles. The third-order valence-electron chi connectivity index (χ3n) is 2.50. The lowest BCUT2D eigenvalue weighted by atomic mass is 10.3. The lowest BCUT2D eigenvalue weighted by molar-refractivity contribution is 0.249. The molecule has 16 heavy (non-hydrogen) atoms. The average molecular weight is 223 g/mol. The number of urea groups is 1. The van der Waals surface area contributed by atoms with Gasteiger partial charge in [0.2, 0.25) is 0 Å². The van der Waals surface area contributed by atoms with E-state index in [2.05, 4.69) is 16.0 Å². The molecule has 0 saturated carbocycles. The maximum Gasteiger partial charge on any atom is 0.319 e. The molecule has 2 rings (SSSR count). The predicted octanol–water partition coefficient (Wildman–Crippen LogP) is 1.31. The molecule has 3 N–H and O–H groups in total. The first kappa shape index (κ1) is 10.9. The lowest BCUT2D eigenvalue weighted by Gasteiger charge is -2.12. The van der Waals surface area contributed by atoms with Crippen LogP contribution in [0, 0.1) is 5.82 Å². The molecule has 86 valence electrons. The Morgan fingerprint density at radius 2 is 2.12 bits per heavy atom. The number of amides is 2. The smallest absolute Gasteiger partial charge is 0.319 e. The molecule has 0 bridgehead atoms. The molecule has 0 spiro atoms. The van der Waals surface area contributed by atoms with E-state index in [-0.39, 0.29) is 17.9 Å². The third kappa shape index (κ3) is 2.93. The van der Waals surface area contributed by atoms with Crippen LogP contribution in [0.1, 0.15) is 6.42 Å². The Bertz CT molecular complexity index is 360. The van der Waals surface area contributed by atoms with Crippen molar-refractivity contribution in [3.8, 4) is 0 Å². The summed E-state index contributed by atoms with van der Waals surface area (Å²) in [6.45, 7) is 1.73. The van der Waals surface area contributed by atoms with Crippen molar-refractivity contribution in [1.82, 2.24) is 10.6 Å². The van der Waals surface area contributed by atoms with Crippen LogP contribution in [0.5, 0.6) is 0 Å². The summed E-state index contributed by atoms with van der Waals surface area (Å²) in [4.78, 5) is 11.5. The van der Waals surface area contributed by atoms with Crippen molar-refractivity contribution >= 4 is 11.7 Å². The second-order valence-electron chi connectivity index (χ2n) is 3.80. The Morgan fingerprint density at radius 3 is 2.75 bits per heavy atom. The predicted molar refractivity (Wildman–Crippen MR) is 59.8 cm³/mol. The van der Waals surface area contributed by atoms with Gasteiger partial charge in [0, 0.05) is 18.3 Å². The molecule has 0 aliphatic carbocycles. The lowest BCUT2D eigenvalue weighted by Crippen LogP contribution is -2.39. The van der Waals surface area contributed by atoms with Crippen molar-refractivity contribution in [1.29, 1.82) is 0 Å². The summed E-state index contributed by atoms with van der Waals surface area (Å²) in [7, 11) is 0. The molecule has 1 atom stereocenters. The number of hydrogen-bond acceptors (Lipinski definition) is 2. The average Bonchev–Trinajstić information content (AvgIpc) is 2.74. The van der Waals surface area contributed by atoms with Crippen molar-refractivity contribution < 1.29 is 9.18 Å². The van der Waals surface area contributed by atoms with Crippen LogP contribution >= 0.6 is 0 Å². The summed E-state index contributed by atoms with van der Waals surface area (Å²) in [5, 5.41) is 8.64. The minimum Gasteiger partial charge on any atom is -0.334 e. The SMILES string of the molecule is O=C(Nc1ccc(F)cc1)N[C@@H]1CCNC1. The van der Waals surface area contributed by atoms with Crippen molar-refractivity contribution in [3.05, 3.63) is 30.1 Å². The van der Waals surface area contributed by atoms with E-state index in [0.29, 0.717) is 5.69 Å². The molecule has 4 nitrogen and oxygen atoms in total. The normalized spacial score (nSPS) is 19.4. The van der Waals surface area contributed by atoms with Crippen LogP contribution in [-0.4, -0.2) is 25.2 Å². The highest BCUT2D eigenvalue weighted by molar-refractivity contribution is 5.89. The largest absolute Gasteiger partial charge is 0.334 e. The van der Waals surface area contributed by atoms with E-state index in [1.54, 1.807) is 0 Å². The summed E-state index contributed by atoms with van der Waals surface area (Å²) in [6, 6.07) is 5.61. The molecular formula is C11H14FN3O. The van der Waals surface area contributed by atoms with Crippen LogP contribution in [0.3, 0.4) is 0 Å². The summed E-state index contributed by atoms with van der Waals surface area (Å²) in [6.07, 6.45) is 0.941. The Kier molecular flexibility index (Phi) is 3.36. The number of benzene rings is 1. The molecule has 5 heteroatoms. The zero-order valence-electron chi connectivity index (χ0n) is 8.79. The fourth-order valence-corrected chi connectivity index (χ4v) is 1.66. The van der Waals surface area contributed by atoms with Gasteiger partial charge in [0.25, 0.3) is 0 Å². The number of hydrogen-bond donors (Lipinski definition) is 3. The van der Waals surface area contributed by atoms with Gasteiger partial charge in [0.1, 0.15) is 5.82 Å². The van der Waals surface area contributed by atoms with Gasteiger partial charge in [0.05, 0.1) is 0 Å². The molecule has 1 aliphatic heterocycles. The van der Waals surface area contributed by atoms with Gasteiger partial charge in [-0.1, -0.05) is 0 Å². The molecule has 1 aromatic rings. The number of halogens is 1. The first-order chi connectivity index (χ1) is 7.74. The number of rotatable bonds is 2. The Labute approximate surface area is 93.2 Å². The van der Waals surface area contributed by atoms with Gasteiger partial charge in [-0.15, -0.1) is 0 Å². The molecule has 1 heterocycles. The number of carbonyl (C=O) groups is 1. The molecule has 1 aromatic carbocycles. The monoisotopic (exact) mass is 223 g/mol. The molecule has 1 aliphatic rings. The second-order valence-corrected chi connectivity index (χ2v) is 3.80. The summed E-state index contributed by atoms with van der Waals surface area (Å²) in [5.74, 6) is -0.314. The van der Waals surface area contributed by atoms with E-state index in [9.17, 15) is 9.18 Å². The maximum atomic E-state index is 12.6. The second kappa shape index (κ2) is 4.94. The van der Waals surface area contributed by atoms with Gasteiger partial charge in [-0.25, -0.2) is 9.18 Å². The molecule has 2 amide bonds. The van der Waals surface area contributed by atoms with Gasteiger partial charge in [0.15, 0.2) is 0 Å². The van der Waals surface area contributed by atoms with Crippen molar-refractivity contribution in [3.63, 3.8) is 0 Å². The van der Waals surface area contributed by atoms with Crippen LogP contribution < -0.4 is 16.0 Å². The minimum atomic E-state index is -0.314. The van der Waals surface area contributed by atoms with E-state index in [1.165, 1.54) is 24.3 Å². The van der Waals surface area contributed by atoms with Crippen LogP contribution in [0.15, 0.2) is 24.3 Å². The quantitative estimate of drug-likeness (QED) is 0.708. The Morgan fingerprint density at radius 1 is 1.38 bits per heavy atom. The zero-order valence-corrected chi connectivity index (χ0v) is 8.79. The fraction of sp³-hybridized carbons (Fsp3) is 0.364. The summed E-state index contributed by atoms with van der Waals surface area (Å²) >= 11 is 0. The van der Waals surface area contributed by atoms with Gasteiger partial charge in [-0.3, -0.25) is 0 Å². The molecular weight excluding hydrogens is 209 g/mol. The minimum absolute atomic E-state index is 0.181. The van der Waals surface area contributed by atoms with E-state index in [1.807, 2.05) is 0 Å². The van der Waals surface area contributed by atoms with Gasteiger partial charge < -0.3 is 16.0 Å². The number of nitrogens with one attached hydrogen (secondary N) is 3. The van der Waals surface area contributed by atoms with Crippen molar-refractivity contribution in [2.75, 3.05) is 18.4 Å². The molecule has 0 radical (unpaired) electrons. The van der Waals surface area contributed by atoms with E-state index >= 15 is 0 Å². The summed E-state index contributed by atoms with van der Waals surface area (Å²) in [5.41, 5.74) is 0.588. The number of anilines is 1. The van der Waals surface area contributed by atoms with Gasteiger partial charge in [-0.2, -0.15) is 0 Å².